The molecule has 1 aromatic heterocycles. The maximum atomic E-state index is 12.5. The number of aromatic nitrogens is 2. The van der Waals surface area contributed by atoms with Crippen molar-refractivity contribution in [2.24, 2.45) is 0 Å². The Morgan fingerprint density at radius 1 is 1.00 bits per heavy atom. The van der Waals surface area contributed by atoms with Crippen LogP contribution in [0.3, 0.4) is 0 Å². The number of halogens is 1. The summed E-state index contributed by atoms with van der Waals surface area (Å²) in [5.74, 6) is 0.483. The summed E-state index contributed by atoms with van der Waals surface area (Å²) in [7, 11) is 0. The van der Waals surface area contributed by atoms with Gasteiger partial charge in [-0.3, -0.25) is 14.2 Å². The first kappa shape index (κ1) is 20.6. The van der Waals surface area contributed by atoms with Gasteiger partial charge in [-0.05, 0) is 42.5 Å². The first-order chi connectivity index (χ1) is 15.1. The Labute approximate surface area is 184 Å². The van der Waals surface area contributed by atoms with E-state index < -0.39 is 0 Å². The van der Waals surface area contributed by atoms with Crippen LogP contribution in [0.15, 0.2) is 83.9 Å². The van der Waals surface area contributed by atoms with E-state index in [-0.39, 0.29) is 24.4 Å². The number of benzene rings is 3. The van der Waals surface area contributed by atoms with Gasteiger partial charge in [0.25, 0.3) is 5.56 Å². The summed E-state index contributed by atoms with van der Waals surface area (Å²) in [4.78, 5) is 29.1. The van der Waals surface area contributed by atoms with Crippen molar-refractivity contribution in [3.8, 4) is 5.75 Å². The summed E-state index contributed by atoms with van der Waals surface area (Å²) in [6, 6.07) is 21.8. The monoisotopic (exact) mass is 433 g/mol. The third kappa shape index (κ3) is 5.10. The molecule has 156 valence electrons. The van der Waals surface area contributed by atoms with Crippen LogP contribution in [0.4, 0.5) is 5.69 Å². The van der Waals surface area contributed by atoms with E-state index in [0.29, 0.717) is 34.0 Å². The van der Waals surface area contributed by atoms with Crippen LogP contribution in [-0.4, -0.2) is 15.5 Å². The maximum absolute atomic E-state index is 12.5. The molecule has 0 atom stereocenters. The molecule has 0 saturated carbocycles. The molecule has 0 aliphatic carbocycles. The van der Waals surface area contributed by atoms with Gasteiger partial charge in [-0.15, -0.1) is 0 Å². The highest BCUT2D eigenvalue weighted by Gasteiger charge is 2.07. The van der Waals surface area contributed by atoms with Crippen molar-refractivity contribution in [1.29, 1.82) is 0 Å². The number of anilines is 1. The number of hydrogen-bond acceptors (Lipinski definition) is 4. The fraction of sp³-hybridized carbons (Fsp3) is 0.125. The van der Waals surface area contributed by atoms with Crippen LogP contribution in [0.25, 0.3) is 10.9 Å². The number of amides is 1. The Balaban J connectivity index is 1.31. The summed E-state index contributed by atoms with van der Waals surface area (Å²) in [6.45, 7) is 0.613. The molecule has 4 rings (SSSR count). The predicted molar refractivity (Wildman–Crippen MR) is 121 cm³/mol. The lowest BCUT2D eigenvalue weighted by Gasteiger charge is -2.10. The zero-order chi connectivity index (χ0) is 21.6. The summed E-state index contributed by atoms with van der Waals surface area (Å²) in [5.41, 5.74) is 2.04. The van der Waals surface area contributed by atoms with Crippen molar-refractivity contribution in [3.05, 3.63) is 100 Å². The molecule has 1 amide bonds. The zero-order valence-corrected chi connectivity index (χ0v) is 17.4. The molecule has 0 fully saturated rings. The number of para-hydroxylation sites is 1. The van der Waals surface area contributed by atoms with Gasteiger partial charge >= 0.3 is 0 Å². The second-order valence-electron chi connectivity index (χ2n) is 6.96. The summed E-state index contributed by atoms with van der Waals surface area (Å²) >= 11 is 6.13. The van der Waals surface area contributed by atoms with E-state index in [4.69, 9.17) is 16.3 Å². The second-order valence-corrected chi connectivity index (χ2v) is 7.37. The Hall–Kier alpha value is -3.64. The Kier molecular flexibility index (Phi) is 6.29. The fourth-order valence-corrected chi connectivity index (χ4v) is 3.31. The fourth-order valence-electron chi connectivity index (χ4n) is 3.12. The van der Waals surface area contributed by atoms with Gasteiger partial charge in [0.15, 0.2) is 0 Å². The van der Waals surface area contributed by atoms with E-state index >= 15 is 0 Å². The minimum absolute atomic E-state index is 0.154. The summed E-state index contributed by atoms with van der Waals surface area (Å²) in [5, 5.41) is 4.03. The topological polar surface area (TPSA) is 73.2 Å². The van der Waals surface area contributed by atoms with Crippen molar-refractivity contribution >= 4 is 34.1 Å². The van der Waals surface area contributed by atoms with Crippen molar-refractivity contribution in [2.75, 3.05) is 5.32 Å². The van der Waals surface area contributed by atoms with Crippen LogP contribution in [0.5, 0.6) is 5.75 Å². The van der Waals surface area contributed by atoms with Crippen LogP contribution in [-0.2, 0) is 17.9 Å². The van der Waals surface area contributed by atoms with Gasteiger partial charge in [-0.1, -0.05) is 41.9 Å². The first-order valence-electron chi connectivity index (χ1n) is 9.80. The first-order valence-corrected chi connectivity index (χ1v) is 10.2. The van der Waals surface area contributed by atoms with E-state index in [1.165, 1.54) is 10.9 Å². The van der Waals surface area contributed by atoms with Crippen LogP contribution in [0.2, 0.25) is 5.02 Å². The van der Waals surface area contributed by atoms with Crippen molar-refractivity contribution in [2.45, 2.75) is 19.6 Å². The highest BCUT2D eigenvalue weighted by molar-refractivity contribution is 6.31. The molecule has 1 N–H and O–H groups in total. The molecule has 0 aliphatic heterocycles. The van der Waals surface area contributed by atoms with Gasteiger partial charge in [0.2, 0.25) is 5.91 Å². The third-order valence-electron chi connectivity index (χ3n) is 4.80. The second kappa shape index (κ2) is 9.45. The van der Waals surface area contributed by atoms with Crippen LogP contribution < -0.4 is 15.6 Å². The lowest BCUT2D eigenvalue weighted by Crippen LogP contribution is -2.23. The highest BCUT2D eigenvalue weighted by atomic mass is 35.5. The smallest absolute Gasteiger partial charge is 0.261 e. The van der Waals surface area contributed by atoms with E-state index in [2.05, 4.69) is 10.3 Å². The van der Waals surface area contributed by atoms with Gasteiger partial charge in [-0.2, -0.15) is 0 Å². The maximum Gasteiger partial charge on any atom is 0.261 e. The van der Waals surface area contributed by atoms with Crippen molar-refractivity contribution in [1.82, 2.24) is 9.55 Å². The molecule has 0 spiro atoms. The number of nitrogens with one attached hydrogen (secondary N) is 1. The third-order valence-corrected chi connectivity index (χ3v) is 5.17. The molecule has 1 heterocycles. The number of nitrogens with zero attached hydrogens (tertiary/aromatic N) is 2. The Morgan fingerprint density at radius 2 is 1.74 bits per heavy atom. The number of aryl methyl sites for hydroxylation is 1. The van der Waals surface area contributed by atoms with Gasteiger partial charge < -0.3 is 10.1 Å². The molecular formula is C24H20ClN3O3. The van der Waals surface area contributed by atoms with Crippen LogP contribution >= 0.6 is 11.6 Å². The average Bonchev–Trinajstić information content (AvgIpc) is 2.79. The molecule has 6 nitrogen and oxygen atoms in total. The highest BCUT2D eigenvalue weighted by Crippen LogP contribution is 2.20. The number of carbonyl (C=O) groups is 1. The Morgan fingerprint density at radius 3 is 2.55 bits per heavy atom. The molecule has 4 aromatic rings. The molecule has 3 aromatic carbocycles. The van der Waals surface area contributed by atoms with Crippen molar-refractivity contribution in [3.63, 3.8) is 0 Å². The number of carbonyl (C=O) groups excluding carboxylic acids is 1. The lowest BCUT2D eigenvalue weighted by atomic mass is 10.2. The minimum Gasteiger partial charge on any atom is -0.489 e. The lowest BCUT2D eigenvalue weighted by molar-refractivity contribution is -0.116. The molecule has 0 saturated heterocycles. The normalized spacial score (nSPS) is 10.7. The van der Waals surface area contributed by atoms with E-state index in [1.54, 1.807) is 42.5 Å². The van der Waals surface area contributed by atoms with Crippen LogP contribution in [0.1, 0.15) is 12.0 Å². The molecule has 7 heteroatoms. The largest absolute Gasteiger partial charge is 0.489 e. The number of ether oxygens (including phenoxy) is 1. The molecule has 31 heavy (non-hydrogen) atoms. The number of hydrogen-bond donors (Lipinski definition) is 1. The van der Waals surface area contributed by atoms with Gasteiger partial charge in [0.1, 0.15) is 12.4 Å². The van der Waals surface area contributed by atoms with Crippen LogP contribution in [0, 0.1) is 0 Å². The average molecular weight is 434 g/mol. The molecule has 0 unspecified atom stereocenters. The quantitative estimate of drug-likeness (QED) is 0.460. The number of fused-ring (bicyclic) bond motifs is 1. The van der Waals surface area contributed by atoms with Crippen molar-refractivity contribution < 1.29 is 9.53 Å². The van der Waals surface area contributed by atoms with E-state index in [9.17, 15) is 9.59 Å². The summed E-state index contributed by atoms with van der Waals surface area (Å²) in [6.07, 6.45) is 1.63. The van der Waals surface area contributed by atoms with E-state index in [1.807, 2.05) is 30.3 Å². The Bertz CT molecular complexity index is 1270. The standard InChI is InChI=1S/C24H20ClN3O3/c25-21-7-3-1-5-17(21)15-31-19-11-9-18(10-12-19)27-23(29)13-14-28-16-26-22-8-4-2-6-20(22)24(28)30/h1-12,16H,13-15H2,(H,27,29). The molecular weight excluding hydrogens is 414 g/mol. The van der Waals surface area contributed by atoms with Gasteiger partial charge in [0, 0.05) is 29.2 Å². The molecule has 0 bridgehead atoms. The predicted octanol–water partition coefficient (Wildman–Crippen LogP) is 4.66. The SMILES string of the molecule is O=C(CCn1cnc2ccccc2c1=O)Nc1ccc(OCc2ccccc2Cl)cc1. The van der Waals surface area contributed by atoms with Gasteiger partial charge in [0.05, 0.1) is 17.2 Å². The summed E-state index contributed by atoms with van der Waals surface area (Å²) < 4.78 is 7.20. The zero-order valence-electron chi connectivity index (χ0n) is 16.6. The molecule has 0 radical (unpaired) electrons. The number of rotatable bonds is 7. The van der Waals surface area contributed by atoms with Gasteiger partial charge in [-0.25, -0.2) is 4.98 Å². The minimum atomic E-state index is -0.190. The molecule has 0 aliphatic rings. The van der Waals surface area contributed by atoms with E-state index in [0.717, 1.165) is 5.56 Å².